The Morgan fingerprint density at radius 3 is 2.56 bits per heavy atom. The van der Waals surface area contributed by atoms with Crippen molar-refractivity contribution in [2.75, 3.05) is 36.5 Å². The first-order valence-corrected chi connectivity index (χ1v) is 9.48. The second kappa shape index (κ2) is 7.06. The van der Waals surface area contributed by atoms with E-state index in [0.717, 1.165) is 23.4 Å². The van der Waals surface area contributed by atoms with Crippen LogP contribution in [0.3, 0.4) is 0 Å². The molecule has 0 aromatic heterocycles. The predicted molar refractivity (Wildman–Crippen MR) is 107 cm³/mol. The molecule has 0 bridgehead atoms. The normalized spacial score (nSPS) is 19.9. The molecule has 27 heavy (non-hydrogen) atoms. The van der Waals surface area contributed by atoms with E-state index in [9.17, 15) is 9.59 Å². The summed E-state index contributed by atoms with van der Waals surface area (Å²) in [6, 6.07) is 16.1. The number of hydrogen-bond acceptors (Lipinski definition) is 3. The van der Waals surface area contributed by atoms with Gasteiger partial charge in [-0.25, -0.2) is 0 Å². The number of carbonyl (C=O) groups excluding carboxylic acids is 2. The van der Waals surface area contributed by atoms with E-state index in [0.29, 0.717) is 26.1 Å². The number of amides is 2. The summed E-state index contributed by atoms with van der Waals surface area (Å²) in [6.07, 6.45) is 0.292. The number of aryl methyl sites for hydroxylation is 1. The first kappa shape index (κ1) is 17.6. The van der Waals surface area contributed by atoms with Crippen molar-refractivity contribution in [3.8, 4) is 0 Å². The Bertz CT molecular complexity index is 862. The average molecular weight is 363 g/mol. The number of likely N-dealkylation sites (N-methyl/N-ethyl adjacent to an activating group) is 1. The quantitative estimate of drug-likeness (QED) is 0.824. The molecule has 0 spiro atoms. The maximum Gasteiger partial charge on any atom is 0.228 e. The minimum atomic E-state index is -0.269. The van der Waals surface area contributed by atoms with Crippen molar-refractivity contribution >= 4 is 23.2 Å². The van der Waals surface area contributed by atoms with Gasteiger partial charge in [-0.15, -0.1) is 0 Å². The zero-order chi connectivity index (χ0) is 19.0. The van der Waals surface area contributed by atoms with Crippen LogP contribution in [-0.2, 0) is 16.1 Å². The molecule has 2 aromatic carbocycles. The van der Waals surface area contributed by atoms with Gasteiger partial charge in [0.25, 0.3) is 0 Å². The van der Waals surface area contributed by atoms with Crippen LogP contribution < -0.4 is 9.80 Å². The monoisotopic (exact) mass is 363 g/mol. The molecule has 0 aliphatic carbocycles. The van der Waals surface area contributed by atoms with Crippen molar-refractivity contribution in [1.82, 2.24) is 4.90 Å². The molecular weight excluding hydrogens is 338 g/mol. The van der Waals surface area contributed by atoms with Crippen molar-refractivity contribution in [3.05, 3.63) is 59.7 Å². The molecule has 4 rings (SSSR count). The van der Waals surface area contributed by atoms with Gasteiger partial charge in [-0.1, -0.05) is 35.9 Å². The molecule has 1 fully saturated rings. The Labute approximate surface area is 160 Å². The van der Waals surface area contributed by atoms with Gasteiger partial charge in [0, 0.05) is 51.0 Å². The van der Waals surface area contributed by atoms with E-state index >= 15 is 0 Å². The van der Waals surface area contributed by atoms with Crippen molar-refractivity contribution < 1.29 is 9.59 Å². The molecule has 5 heteroatoms. The van der Waals surface area contributed by atoms with Gasteiger partial charge >= 0.3 is 0 Å². The third kappa shape index (κ3) is 3.42. The molecule has 1 atom stereocenters. The van der Waals surface area contributed by atoms with Crippen LogP contribution in [0.15, 0.2) is 48.5 Å². The fourth-order valence-electron chi connectivity index (χ4n) is 3.99. The van der Waals surface area contributed by atoms with Crippen LogP contribution >= 0.6 is 0 Å². The Morgan fingerprint density at radius 2 is 1.78 bits per heavy atom. The molecule has 140 valence electrons. The van der Waals surface area contributed by atoms with Crippen LogP contribution in [0.5, 0.6) is 0 Å². The minimum Gasteiger partial charge on any atom is -0.373 e. The number of fused-ring (bicyclic) bond motifs is 1. The van der Waals surface area contributed by atoms with E-state index < -0.39 is 0 Å². The summed E-state index contributed by atoms with van der Waals surface area (Å²) >= 11 is 0. The van der Waals surface area contributed by atoms with E-state index in [1.165, 1.54) is 5.69 Å². The summed E-state index contributed by atoms with van der Waals surface area (Å²) < 4.78 is 0. The second-order valence-corrected chi connectivity index (χ2v) is 7.55. The molecule has 0 radical (unpaired) electrons. The predicted octanol–water partition coefficient (Wildman–Crippen LogP) is 2.83. The summed E-state index contributed by atoms with van der Waals surface area (Å²) in [5.41, 5.74) is 4.37. The summed E-state index contributed by atoms with van der Waals surface area (Å²) in [7, 11) is 2.06. The van der Waals surface area contributed by atoms with E-state index in [2.05, 4.69) is 24.1 Å². The average Bonchev–Trinajstić information content (AvgIpc) is 2.98. The Hall–Kier alpha value is -2.82. The van der Waals surface area contributed by atoms with Crippen LogP contribution in [0.4, 0.5) is 11.4 Å². The highest BCUT2D eigenvalue weighted by molar-refractivity contribution is 6.00. The van der Waals surface area contributed by atoms with Crippen molar-refractivity contribution in [2.45, 2.75) is 19.9 Å². The van der Waals surface area contributed by atoms with Gasteiger partial charge in [-0.05, 0) is 30.7 Å². The maximum atomic E-state index is 13.2. The molecule has 0 N–H and O–H groups in total. The van der Waals surface area contributed by atoms with Gasteiger partial charge in [0.15, 0.2) is 0 Å². The lowest BCUT2D eigenvalue weighted by Crippen LogP contribution is -2.39. The fraction of sp³-hybridized carbons (Fsp3) is 0.364. The molecule has 2 heterocycles. The van der Waals surface area contributed by atoms with Crippen LogP contribution in [0.2, 0.25) is 0 Å². The molecule has 2 aromatic rings. The number of rotatable bonds is 2. The molecule has 1 unspecified atom stereocenters. The summed E-state index contributed by atoms with van der Waals surface area (Å²) in [4.78, 5) is 31.6. The summed E-state index contributed by atoms with van der Waals surface area (Å²) in [5, 5.41) is 0. The molecule has 2 aliphatic rings. The van der Waals surface area contributed by atoms with Crippen LogP contribution in [-0.4, -0.2) is 43.4 Å². The first-order valence-electron chi connectivity index (χ1n) is 9.48. The molecule has 1 saturated heterocycles. The van der Waals surface area contributed by atoms with Gasteiger partial charge in [-0.2, -0.15) is 0 Å². The summed E-state index contributed by atoms with van der Waals surface area (Å²) in [5.74, 6) is -0.151. The molecular formula is C22H25N3O2. The number of nitrogens with zero attached hydrogens (tertiary/aromatic N) is 3. The largest absolute Gasteiger partial charge is 0.373 e. The van der Waals surface area contributed by atoms with E-state index in [1.54, 1.807) is 4.90 Å². The molecule has 5 nitrogen and oxygen atoms in total. The number of benzene rings is 2. The van der Waals surface area contributed by atoms with E-state index in [4.69, 9.17) is 0 Å². The Kier molecular flexibility index (Phi) is 4.60. The van der Waals surface area contributed by atoms with Crippen LogP contribution in [0.25, 0.3) is 0 Å². The Balaban J connectivity index is 1.50. The van der Waals surface area contributed by atoms with Gasteiger partial charge in [0.05, 0.1) is 5.92 Å². The smallest absolute Gasteiger partial charge is 0.228 e. The number of para-hydroxylation sites is 1. The van der Waals surface area contributed by atoms with Crippen molar-refractivity contribution in [3.63, 3.8) is 0 Å². The highest BCUT2D eigenvalue weighted by Crippen LogP contribution is 2.29. The fourth-order valence-corrected chi connectivity index (χ4v) is 3.99. The van der Waals surface area contributed by atoms with Gasteiger partial charge in [0.1, 0.15) is 0 Å². The molecule has 0 saturated carbocycles. The highest BCUT2D eigenvalue weighted by Gasteiger charge is 2.37. The van der Waals surface area contributed by atoms with E-state index in [1.807, 2.05) is 48.2 Å². The zero-order valence-corrected chi connectivity index (χ0v) is 15.9. The van der Waals surface area contributed by atoms with Gasteiger partial charge < -0.3 is 14.7 Å². The molecule has 2 aliphatic heterocycles. The minimum absolute atomic E-state index is 0.0320. The standard InChI is InChI=1S/C22H25N3O2/c1-16-7-9-19(10-8-16)25-15-18(13-21(25)26)22(27)24-12-11-23(2)20-6-4-3-5-17(20)14-24/h3-10,18H,11-15H2,1-2H3. The number of hydrogen-bond donors (Lipinski definition) is 0. The van der Waals surface area contributed by atoms with Crippen molar-refractivity contribution in [2.24, 2.45) is 5.92 Å². The second-order valence-electron chi connectivity index (χ2n) is 7.55. The number of carbonyl (C=O) groups is 2. The lowest BCUT2D eigenvalue weighted by molar-refractivity contribution is -0.136. The topological polar surface area (TPSA) is 43.9 Å². The van der Waals surface area contributed by atoms with Crippen LogP contribution in [0, 0.1) is 12.8 Å². The summed E-state index contributed by atoms with van der Waals surface area (Å²) in [6.45, 7) is 4.57. The third-order valence-electron chi connectivity index (χ3n) is 5.60. The van der Waals surface area contributed by atoms with E-state index in [-0.39, 0.29) is 17.7 Å². The van der Waals surface area contributed by atoms with Gasteiger partial charge in [-0.3, -0.25) is 9.59 Å². The number of anilines is 2. The third-order valence-corrected chi connectivity index (χ3v) is 5.60. The van der Waals surface area contributed by atoms with Crippen LogP contribution in [0.1, 0.15) is 17.5 Å². The Morgan fingerprint density at radius 1 is 1.04 bits per heavy atom. The lowest BCUT2D eigenvalue weighted by atomic mass is 10.1. The van der Waals surface area contributed by atoms with Crippen molar-refractivity contribution in [1.29, 1.82) is 0 Å². The molecule has 2 amide bonds. The first-order chi connectivity index (χ1) is 13.0. The highest BCUT2D eigenvalue weighted by atomic mass is 16.2. The maximum absolute atomic E-state index is 13.2. The van der Waals surface area contributed by atoms with Gasteiger partial charge in [0.2, 0.25) is 11.8 Å². The zero-order valence-electron chi connectivity index (χ0n) is 15.9. The lowest BCUT2D eigenvalue weighted by Gasteiger charge is -2.24. The SMILES string of the molecule is Cc1ccc(N2CC(C(=O)N3CCN(C)c4ccccc4C3)CC2=O)cc1.